The first-order chi connectivity index (χ1) is 14.1. The summed E-state index contributed by atoms with van der Waals surface area (Å²) in [6, 6.07) is 22.9. The molecule has 1 fully saturated rings. The van der Waals surface area contributed by atoms with Gasteiger partial charge in [0.2, 0.25) is 0 Å². The predicted molar refractivity (Wildman–Crippen MR) is 110 cm³/mol. The van der Waals surface area contributed by atoms with Crippen LogP contribution in [0.4, 0.5) is 5.69 Å². The molecule has 5 heteroatoms. The Morgan fingerprint density at radius 3 is 2.00 bits per heavy atom. The van der Waals surface area contributed by atoms with Gasteiger partial charge in [0.25, 0.3) is 11.8 Å². The summed E-state index contributed by atoms with van der Waals surface area (Å²) in [7, 11) is 0. The minimum Gasteiger partial charge on any atom is -0.490 e. The van der Waals surface area contributed by atoms with Crippen LogP contribution >= 0.6 is 0 Å². The Balaban J connectivity index is 1.72. The molecule has 4 rings (SSSR count). The second kappa shape index (κ2) is 8.29. The molecule has 3 aromatic carbocycles. The third kappa shape index (κ3) is 4.36. The fourth-order valence-corrected chi connectivity index (χ4v) is 2.98. The molecule has 29 heavy (non-hydrogen) atoms. The van der Waals surface area contributed by atoms with E-state index < -0.39 is 0 Å². The zero-order valence-corrected chi connectivity index (χ0v) is 16.1. The maximum atomic E-state index is 13.3. The Kier molecular flexibility index (Phi) is 5.40. The Morgan fingerprint density at radius 1 is 0.931 bits per heavy atom. The Labute approximate surface area is 169 Å². The molecular formula is C24H21NO4. The van der Waals surface area contributed by atoms with E-state index in [-0.39, 0.29) is 17.9 Å². The van der Waals surface area contributed by atoms with Crippen LogP contribution in [0.5, 0.6) is 5.75 Å². The molecular weight excluding hydrogens is 366 g/mol. The minimum atomic E-state index is -0.389. The predicted octanol–water partition coefficient (Wildman–Crippen LogP) is 4.26. The molecule has 0 aliphatic carbocycles. The molecule has 0 aromatic heterocycles. The number of ether oxygens (including phenoxy) is 2. The number of hydrogen-bond acceptors (Lipinski definition) is 4. The number of aryl methyl sites for hydroxylation is 1. The summed E-state index contributed by atoms with van der Waals surface area (Å²) in [6.07, 6.45) is 0.117. The van der Waals surface area contributed by atoms with Crippen molar-refractivity contribution in [3.05, 3.63) is 95.6 Å². The van der Waals surface area contributed by atoms with Gasteiger partial charge in [-0.05, 0) is 42.8 Å². The highest BCUT2D eigenvalue weighted by atomic mass is 16.6. The van der Waals surface area contributed by atoms with E-state index in [1.165, 1.54) is 4.90 Å². The third-order valence-corrected chi connectivity index (χ3v) is 4.70. The smallest absolute Gasteiger partial charge is 0.265 e. The summed E-state index contributed by atoms with van der Waals surface area (Å²) in [5.41, 5.74) is 2.26. The van der Waals surface area contributed by atoms with Gasteiger partial charge in [0.15, 0.2) is 0 Å². The van der Waals surface area contributed by atoms with Gasteiger partial charge in [0, 0.05) is 17.2 Å². The van der Waals surface area contributed by atoms with Crippen LogP contribution in [0.1, 0.15) is 26.3 Å². The number of benzene rings is 3. The van der Waals surface area contributed by atoms with E-state index >= 15 is 0 Å². The lowest BCUT2D eigenvalue weighted by molar-refractivity contribution is 0.0897. The number of nitrogens with zero attached hydrogens (tertiary/aromatic N) is 1. The zero-order chi connectivity index (χ0) is 20.2. The highest BCUT2D eigenvalue weighted by Gasteiger charge is 2.27. The van der Waals surface area contributed by atoms with Gasteiger partial charge in [-0.25, -0.2) is 4.90 Å². The highest BCUT2D eigenvalue weighted by molar-refractivity contribution is 6.25. The number of epoxide rings is 1. The monoisotopic (exact) mass is 387 g/mol. The Hall–Kier alpha value is -3.44. The van der Waals surface area contributed by atoms with Gasteiger partial charge in [-0.3, -0.25) is 9.59 Å². The van der Waals surface area contributed by atoms with E-state index in [9.17, 15) is 9.59 Å². The van der Waals surface area contributed by atoms with Crippen LogP contribution in [0.25, 0.3) is 0 Å². The van der Waals surface area contributed by atoms with Crippen LogP contribution in [-0.4, -0.2) is 31.1 Å². The molecule has 0 saturated carbocycles. The van der Waals surface area contributed by atoms with E-state index in [1.54, 1.807) is 60.7 Å². The van der Waals surface area contributed by atoms with Crippen LogP contribution in [0.2, 0.25) is 0 Å². The van der Waals surface area contributed by atoms with Crippen molar-refractivity contribution in [1.29, 1.82) is 0 Å². The van der Waals surface area contributed by atoms with Crippen LogP contribution < -0.4 is 9.64 Å². The first kappa shape index (κ1) is 18.9. The van der Waals surface area contributed by atoms with Crippen molar-refractivity contribution in [2.45, 2.75) is 13.0 Å². The third-order valence-electron chi connectivity index (χ3n) is 4.70. The van der Waals surface area contributed by atoms with Crippen molar-refractivity contribution in [2.75, 3.05) is 18.1 Å². The summed E-state index contributed by atoms with van der Waals surface area (Å²) in [6.45, 7) is 3.07. The number of hydrogen-bond donors (Lipinski definition) is 0. The Bertz CT molecular complexity index is 962. The van der Waals surface area contributed by atoms with Gasteiger partial charge in [0.1, 0.15) is 18.5 Å². The summed E-state index contributed by atoms with van der Waals surface area (Å²) in [5.74, 6) is -0.149. The summed E-state index contributed by atoms with van der Waals surface area (Å²) >= 11 is 0. The second-order valence-electron chi connectivity index (χ2n) is 6.89. The standard InChI is InChI=1S/C24H21NO4/c1-17-12-13-20(14-22(17)29-16-21-15-28-21)25(23(26)18-8-4-2-5-9-18)24(27)19-10-6-3-7-11-19/h2-14,21H,15-16H2,1H3. The maximum absolute atomic E-state index is 13.3. The molecule has 0 bridgehead atoms. The topological polar surface area (TPSA) is 59.1 Å². The van der Waals surface area contributed by atoms with E-state index in [0.717, 1.165) is 5.56 Å². The van der Waals surface area contributed by atoms with Crippen LogP contribution in [0.3, 0.4) is 0 Å². The van der Waals surface area contributed by atoms with Crippen molar-refractivity contribution in [1.82, 2.24) is 0 Å². The van der Waals surface area contributed by atoms with Gasteiger partial charge in [-0.2, -0.15) is 0 Å². The molecule has 146 valence electrons. The molecule has 1 aliphatic heterocycles. The normalized spacial score (nSPS) is 14.9. The minimum absolute atomic E-state index is 0.117. The first-order valence-electron chi connectivity index (χ1n) is 9.47. The molecule has 0 spiro atoms. The summed E-state index contributed by atoms with van der Waals surface area (Å²) in [5, 5.41) is 0. The second-order valence-corrected chi connectivity index (χ2v) is 6.89. The SMILES string of the molecule is Cc1ccc(N(C(=O)c2ccccc2)C(=O)c2ccccc2)cc1OCC1CO1. The number of amides is 2. The molecule has 1 aliphatic rings. The van der Waals surface area contributed by atoms with Crippen LogP contribution in [0, 0.1) is 6.92 Å². The summed E-state index contributed by atoms with van der Waals surface area (Å²) in [4.78, 5) is 27.8. The molecule has 5 nitrogen and oxygen atoms in total. The Morgan fingerprint density at radius 2 is 1.48 bits per heavy atom. The quantitative estimate of drug-likeness (QED) is 0.468. The lowest BCUT2D eigenvalue weighted by Crippen LogP contribution is -2.37. The molecule has 0 N–H and O–H groups in total. The fourth-order valence-electron chi connectivity index (χ4n) is 2.98. The van der Waals surface area contributed by atoms with Crippen molar-refractivity contribution >= 4 is 17.5 Å². The van der Waals surface area contributed by atoms with Crippen molar-refractivity contribution < 1.29 is 19.1 Å². The average molecular weight is 387 g/mol. The molecule has 1 atom stereocenters. The van der Waals surface area contributed by atoms with Gasteiger partial charge in [-0.1, -0.05) is 42.5 Å². The van der Waals surface area contributed by atoms with Gasteiger partial charge < -0.3 is 9.47 Å². The zero-order valence-electron chi connectivity index (χ0n) is 16.1. The van der Waals surface area contributed by atoms with Gasteiger partial charge in [-0.15, -0.1) is 0 Å². The van der Waals surface area contributed by atoms with E-state index in [0.29, 0.717) is 35.8 Å². The number of anilines is 1. The fraction of sp³-hybridized carbons (Fsp3) is 0.167. The first-order valence-corrected chi connectivity index (χ1v) is 9.47. The number of imide groups is 1. The van der Waals surface area contributed by atoms with Crippen molar-refractivity contribution in [3.8, 4) is 5.75 Å². The molecule has 3 aromatic rings. The van der Waals surface area contributed by atoms with Crippen LogP contribution in [-0.2, 0) is 4.74 Å². The van der Waals surface area contributed by atoms with Gasteiger partial charge >= 0.3 is 0 Å². The molecule has 1 saturated heterocycles. The van der Waals surface area contributed by atoms with E-state index in [4.69, 9.17) is 9.47 Å². The lowest BCUT2D eigenvalue weighted by Gasteiger charge is -2.22. The highest BCUT2D eigenvalue weighted by Crippen LogP contribution is 2.28. The van der Waals surface area contributed by atoms with Crippen LogP contribution in [0.15, 0.2) is 78.9 Å². The molecule has 0 radical (unpaired) electrons. The van der Waals surface area contributed by atoms with Crippen molar-refractivity contribution in [2.24, 2.45) is 0 Å². The van der Waals surface area contributed by atoms with E-state index in [1.807, 2.05) is 25.1 Å². The average Bonchev–Trinajstić information content (AvgIpc) is 3.59. The lowest BCUT2D eigenvalue weighted by atomic mass is 10.1. The maximum Gasteiger partial charge on any atom is 0.265 e. The largest absolute Gasteiger partial charge is 0.490 e. The molecule has 2 amide bonds. The summed E-state index contributed by atoms with van der Waals surface area (Å²) < 4.78 is 11.0. The van der Waals surface area contributed by atoms with Gasteiger partial charge in [0.05, 0.1) is 12.3 Å². The molecule has 1 heterocycles. The number of rotatable bonds is 6. The van der Waals surface area contributed by atoms with Crippen molar-refractivity contribution in [3.63, 3.8) is 0 Å². The molecule has 1 unspecified atom stereocenters. The van der Waals surface area contributed by atoms with E-state index in [2.05, 4.69) is 0 Å². The number of carbonyl (C=O) groups excluding carboxylic acids is 2. The number of carbonyl (C=O) groups is 2.